The number of aromatic hydroxyl groups is 1. The number of benzene rings is 1. The van der Waals surface area contributed by atoms with Crippen LogP contribution in [0.4, 0.5) is 5.69 Å². The summed E-state index contributed by atoms with van der Waals surface area (Å²) in [7, 11) is 0. The molecule has 1 aliphatic rings. The Hall–Kier alpha value is -1.18. The van der Waals surface area contributed by atoms with Crippen molar-refractivity contribution in [1.82, 2.24) is 0 Å². The quantitative estimate of drug-likeness (QED) is 0.752. The van der Waals surface area contributed by atoms with E-state index in [1.165, 1.54) is 38.5 Å². The molecule has 2 nitrogen and oxygen atoms in total. The third-order valence-electron chi connectivity index (χ3n) is 3.85. The van der Waals surface area contributed by atoms with Crippen molar-refractivity contribution in [1.29, 1.82) is 0 Å². The van der Waals surface area contributed by atoms with Crippen molar-refractivity contribution < 1.29 is 5.11 Å². The summed E-state index contributed by atoms with van der Waals surface area (Å²) < 4.78 is 0. The van der Waals surface area contributed by atoms with Gasteiger partial charge in [-0.25, -0.2) is 0 Å². The van der Waals surface area contributed by atoms with Crippen molar-refractivity contribution >= 4 is 5.69 Å². The third-order valence-corrected chi connectivity index (χ3v) is 3.85. The van der Waals surface area contributed by atoms with E-state index in [2.05, 4.69) is 11.4 Å². The summed E-state index contributed by atoms with van der Waals surface area (Å²) in [5.74, 6) is 0.434. The van der Waals surface area contributed by atoms with Gasteiger partial charge in [0.2, 0.25) is 0 Å². The van der Waals surface area contributed by atoms with E-state index >= 15 is 0 Å². The lowest BCUT2D eigenvalue weighted by atomic mass is 10.1. The molecule has 0 radical (unpaired) electrons. The van der Waals surface area contributed by atoms with Crippen molar-refractivity contribution in [2.45, 2.75) is 58.4 Å². The highest BCUT2D eigenvalue weighted by atomic mass is 16.3. The first-order valence-corrected chi connectivity index (χ1v) is 6.74. The molecular formula is C15H23NO. The molecule has 0 bridgehead atoms. The molecule has 1 aliphatic carbocycles. The standard InChI is InChI=1S/C15H23NO/c1-11-9-10-14(12(2)15(11)17)16-13-7-5-3-4-6-8-13/h9-10,13,16-17H,3-8H2,1-2H3. The van der Waals surface area contributed by atoms with Crippen LogP contribution in [0.15, 0.2) is 12.1 Å². The number of phenols is 1. The summed E-state index contributed by atoms with van der Waals surface area (Å²) in [6.07, 6.45) is 7.91. The van der Waals surface area contributed by atoms with Crippen LogP contribution in [0.5, 0.6) is 5.75 Å². The zero-order valence-corrected chi connectivity index (χ0v) is 10.9. The normalized spacial score (nSPS) is 17.8. The second-order valence-corrected chi connectivity index (χ2v) is 5.24. The van der Waals surface area contributed by atoms with E-state index in [4.69, 9.17) is 0 Å². The Balaban J connectivity index is 2.09. The smallest absolute Gasteiger partial charge is 0.123 e. The van der Waals surface area contributed by atoms with Crippen molar-refractivity contribution in [3.8, 4) is 5.75 Å². The van der Waals surface area contributed by atoms with Crippen LogP contribution in [0.1, 0.15) is 49.7 Å². The maximum absolute atomic E-state index is 9.93. The molecule has 0 spiro atoms. The summed E-state index contributed by atoms with van der Waals surface area (Å²) in [5.41, 5.74) is 3.03. The molecule has 0 aromatic heterocycles. The SMILES string of the molecule is Cc1ccc(NC2CCCCCC2)c(C)c1O. The van der Waals surface area contributed by atoms with Crippen molar-refractivity contribution in [2.24, 2.45) is 0 Å². The van der Waals surface area contributed by atoms with Gasteiger partial charge in [-0.05, 0) is 38.3 Å². The summed E-state index contributed by atoms with van der Waals surface area (Å²) >= 11 is 0. The molecule has 2 rings (SSSR count). The lowest BCUT2D eigenvalue weighted by Crippen LogP contribution is -2.18. The van der Waals surface area contributed by atoms with Crippen LogP contribution in [-0.4, -0.2) is 11.1 Å². The minimum atomic E-state index is 0.434. The highest BCUT2D eigenvalue weighted by Crippen LogP contribution is 2.30. The van der Waals surface area contributed by atoms with Crippen LogP contribution in [0.25, 0.3) is 0 Å². The van der Waals surface area contributed by atoms with Gasteiger partial charge in [0.15, 0.2) is 0 Å². The minimum absolute atomic E-state index is 0.434. The molecule has 17 heavy (non-hydrogen) atoms. The molecule has 0 amide bonds. The molecule has 1 aromatic rings. The van der Waals surface area contributed by atoms with Crippen LogP contribution >= 0.6 is 0 Å². The fraction of sp³-hybridized carbons (Fsp3) is 0.600. The van der Waals surface area contributed by atoms with Crippen molar-refractivity contribution in [3.05, 3.63) is 23.3 Å². The monoisotopic (exact) mass is 233 g/mol. The minimum Gasteiger partial charge on any atom is -0.507 e. The Kier molecular flexibility index (Phi) is 3.93. The van der Waals surface area contributed by atoms with Crippen LogP contribution in [0.3, 0.4) is 0 Å². The van der Waals surface area contributed by atoms with Crippen LogP contribution in [0, 0.1) is 13.8 Å². The first-order valence-electron chi connectivity index (χ1n) is 6.74. The number of hydrogen-bond donors (Lipinski definition) is 2. The van der Waals surface area contributed by atoms with Gasteiger partial charge >= 0.3 is 0 Å². The lowest BCUT2D eigenvalue weighted by Gasteiger charge is -2.20. The predicted molar refractivity (Wildman–Crippen MR) is 72.7 cm³/mol. The molecule has 0 saturated heterocycles. The summed E-state index contributed by atoms with van der Waals surface area (Å²) in [5, 5.41) is 13.5. The molecule has 0 heterocycles. The largest absolute Gasteiger partial charge is 0.507 e. The molecule has 0 aliphatic heterocycles. The van der Waals surface area contributed by atoms with Gasteiger partial charge in [0.25, 0.3) is 0 Å². The molecule has 94 valence electrons. The number of aryl methyl sites for hydroxylation is 1. The average Bonchev–Trinajstić information content (AvgIpc) is 2.59. The number of phenolic OH excluding ortho intramolecular Hbond substituents is 1. The fourth-order valence-electron chi connectivity index (χ4n) is 2.64. The maximum Gasteiger partial charge on any atom is 0.123 e. The zero-order valence-electron chi connectivity index (χ0n) is 10.9. The van der Waals surface area contributed by atoms with Crippen LogP contribution < -0.4 is 5.32 Å². The molecular weight excluding hydrogens is 210 g/mol. The highest BCUT2D eigenvalue weighted by Gasteiger charge is 2.14. The Labute approximate surface area is 104 Å². The van der Waals surface area contributed by atoms with Gasteiger partial charge in [0.1, 0.15) is 5.75 Å². The molecule has 0 atom stereocenters. The van der Waals surface area contributed by atoms with Gasteiger partial charge < -0.3 is 10.4 Å². The molecule has 0 unspecified atom stereocenters. The van der Waals surface area contributed by atoms with E-state index in [0.717, 1.165) is 16.8 Å². The summed E-state index contributed by atoms with van der Waals surface area (Å²) in [6.45, 7) is 3.93. The van der Waals surface area contributed by atoms with Gasteiger partial charge in [-0.1, -0.05) is 31.7 Å². The number of anilines is 1. The Morgan fingerprint density at radius 2 is 1.71 bits per heavy atom. The van der Waals surface area contributed by atoms with Gasteiger partial charge in [-0.15, -0.1) is 0 Å². The first kappa shape index (κ1) is 12.3. The number of hydrogen-bond acceptors (Lipinski definition) is 2. The van der Waals surface area contributed by atoms with E-state index in [-0.39, 0.29) is 0 Å². The Morgan fingerprint density at radius 3 is 2.35 bits per heavy atom. The Morgan fingerprint density at radius 1 is 1.06 bits per heavy atom. The number of rotatable bonds is 2. The van der Waals surface area contributed by atoms with Crippen LogP contribution in [-0.2, 0) is 0 Å². The summed E-state index contributed by atoms with van der Waals surface area (Å²) in [4.78, 5) is 0. The van der Waals surface area contributed by atoms with Crippen molar-refractivity contribution in [3.63, 3.8) is 0 Å². The third kappa shape index (κ3) is 2.93. The summed E-state index contributed by atoms with van der Waals surface area (Å²) in [6, 6.07) is 4.66. The topological polar surface area (TPSA) is 32.3 Å². The van der Waals surface area contributed by atoms with E-state index in [0.29, 0.717) is 11.8 Å². The molecule has 2 N–H and O–H groups in total. The maximum atomic E-state index is 9.93. The molecule has 1 aromatic carbocycles. The van der Waals surface area contributed by atoms with E-state index in [9.17, 15) is 5.11 Å². The van der Waals surface area contributed by atoms with E-state index < -0.39 is 0 Å². The second kappa shape index (κ2) is 5.44. The van der Waals surface area contributed by atoms with Gasteiger partial charge in [0, 0.05) is 17.3 Å². The second-order valence-electron chi connectivity index (χ2n) is 5.24. The van der Waals surface area contributed by atoms with Crippen LogP contribution in [0.2, 0.25) is 0 Å². The van der Waals surface area contributed by atoms with Gasteiger partial charge in [-0.3, -0.25) is 0 Å². The van der Waals surface area contributed by atoms with E-state index in [1.54, 1.807) is 0 Å². The van der Waals surface area contributed by atoms with Gasteiger partial charge in [-0.2, -0.15) is 0 Å². The first-order chi connectivity index (χ1) is 8.18. The van der Waals surface area contributed by atoms with Crippen molar-refractivity contribution in [2.75, 3.05) is 5.32 Å². The number of nitrogens with one attached hydrogen (secondary N) is 1. The fourth-order valence-corrected chi connectivity index (χ4v) is 2.64. The predicted octanol–water partition coefficient (Wildman–Crippen LogP) is 4.14. The molecule has 1 saturated carbocycles. The Bertz CT molecular complexity index is 379. The highest BCUT2D eigenvalue weighted by molar-refractivity contribution is 5.59. The average molecular weight is 233 g/mol. The zero-order chi connectivity index (χ0) is 12.3. The molecule has 1 fully saturated rings. The molecule has 2 heteroatoms. The van der Waals surface area contributed by atoms with Gasteiger partial charge in [0.05, 0.1) is 0 Å². The van der Waals surface area contributed by atoms with E-state index in [1.807, 2.05) is 19.9 Å². The lowest BCUT2D eigenvalue weighted by molar-refractivity contribution is 0.467.